The summed E-state index contributed by atoms with van der Waals surface area (Å²) in [4.78, 5) is 11.2. The van der Waals surface area contributed by atoms with E-state index in [1.807, 2.05) is 6.92 Å². The third-order valence-electron chi connectivity index (χ3n) is 4.38. The fourth-order valence-electron chi connectivity index (χ4n) is 3.22. The third-order valence-corrected chi connectivity index (χ3v) is 4.38. The molecule has 6 heteroatoms. The zero-order valence-corrected chi connectivity index (χ0v) is 13.0. The second-order valence-electron chi connectivity index (χ2n) is 6.06. The molecule has 0 aromatic carbocycles. The van der Waals surface area contributed by atoms with E-state index in [2.05, 4.69) is 10.8 Å². The fraction of sp³-hybridized carbons (Fsp3) is 0.750. The Bertz CT molecular complexity index is 472. The van der Waals surface area contributed by atoms with E-state index in [4.69, 9.17) is 14.7 Å². The van der Waals surface area contributed by atoms with E-state index in [1.54, 1.807) is 6.08 Å². The molecule has 0 aromatic heterocycles. The second-order valence-corrected chi connectivity index (χ2v) is 6.06. The van der Waals surface area contributed by atoms with Crippen molar-refractivity contribution in [2.45, 2.75) is 56.5 Å². The highest BCUT2D eigenvalue weighted by Gasteiger charge is 2.52. The molecule has 2 fully saturated rings. The Labute approximate surface area is 130 Å². The maximum Gasteiger partial charge on any atom is 0.330 e. The van der Waals surface area contributed by atoms with Crippen molar-refractivity contribution < 1.29 is 24.1 Å². The van der Waals surface area contributed by atoms with Gasteiger partial charge in [-0.2, -0.15) is 5.26 Å². The Morgan fingerprint density at radius 3 is 3.00 bits per heavy atom. The van der Waals surface area contributed by atoms with Crippen molar-refractivity contribution in [3.05, 3.63) is 12.2 Å². The lowest BCUT2D eigenvalue weighted by atomic mass is 9.85. The topological polar surface area (TPSA) is 88.8 Å². The molecule has 0 aromatic rings. The molecular weight excluding hydrogens is 286 g/mol. The quantitative estimate of drug-likeness (QED) is 0.609. The smallest absolute Gasteiger partial charge is 0.330 e. The van der Waals surface area contributed by atoms with Crippen LogP contribution in [-0.2, 0) is 19.0 Å². The number of nitriles is 1. The number of aliphatic hydroxyl groups excluding tert-OH is 1. The number of methoxy groups -OCH3 is 1. The minimum Gasteiger partial charge on any atom is -0.466 e. The van der Waals surface area contributed by atoms with Crippen LogP contribution in [0.4, 0.5) is 0 Å². The molecule has 2 unspecified atom stereocenters. The first kappa shape index (κ1) is 16.9. The number of rotatable bonds is 5. The second kappa shape index (κ2) is 7.23. The largest absolute Gasteiger partial charge is 0.466 e. The van der Waals surface area contributed by atoms with E-state index < -0.39 is 11.6 Å². The van der Waals surface area contributed by atoms with E-state index >= 15 is 0 Å². The summed E-state index contributed by atoms with van der Waals surface area (Å²) in [5.41, 5.74) is -0.733. The molecule has 22 heavy (non-hydrogen) atoms. The van der Waals surface area contributed by atoms with Crippen LogP contribution in [0.25, 0.3) is 0 Å². The number of esters is 1. The number of nitrogens with zero attached hydrogens (tertiary/aromatic N) is 1. The number of aliphatic hydroxyl groups is 1. The number of hydrogen-bond acceptors (Lipinski definition) is 6. The standard InChI is InChI=1S/C16H23NO5/c1-11(9-17)7-12-3-5-14-16(10-18,22-12)8-13(21-14)4-6-15(19)20-2/h4,6,11-14,18H,3,5,7-8,10H2,1-2H3/b6-4+/t11-,12-,13?,14+,16?/m1/s1. The molecule has 0 radical (unpaired) electrons. The average Bonchev–Trinajstić information content (AvgIpc) is 2.90. The SMILES string of the molecule is COC(=O)/C=C/C1CC2(CO)O[C@@H](C[C@@H](C)C#N)CC[C@@H]2O1. The normalized spacial score (nSPS) is 35.8. The van der Waals surface area contributed by atoms with Crippen molar-refractivity contribution >= 4 is 5.97 Å². The zero-order valence-electron chi connectivity index (χ0n) is 13.0. The monoisotopic (exact) mass is 309 g/mol. The lowest BCUT2D eigenvalue weighted by molar-refractivity contribution is -0.184. The molecule has 5 atom stereocenters. The summed E-state index contributed by atoms with van der Waals surface area (Å²) < 4.78 is 16.6. The molecule has 2 saturated heterocycles. The number of carbonyl (C=O) groups excluding carboxylic acids is 1. The van der Waals surface area contributed by atoms with Gasteiger partial charge in [-0.05, 0) is 32.3 Å². The third kappa shape index (κ3) is 3.67. The predicted molar refractivity (Wildman–Crippen MR) is 77.8 cm³/mol. The van der Waals surface area contributed by atoms with Crippen molar-refractivity contribution in [1.82, 2.24) is 0 Å². The summed E-state index contributed by atoms with van der Waals surface area (Å²) in [7, 11) is 1.32. The van der Waals surface area contributed by atoms with Crippen LogP contribution in [-0.4, -0.2) is 48.7 Å². The van der Waals surface area contributed by atoms with Gasteiger partial charge in [0, 0.05) is 18.4 Å². The molecule has 0 bridgehead atoms. The number of fused-ring (bicyclic) bond motifs is 1. The Kier molecular flexibility index (Phi) is 5.57. The summed E-state index contributed by atoms with van der Waals surface area (Å²) in [6, 6.07) is 2.21. The van der Waals surface area contributed by atoms with E-state index in [0.29, 0.717) is 12.8 Å². The van der Waals surface area contributed by atoms with Crippen LogP contribution in [0.5, 0.6) is 0 Å². The molecule has 2 aliphatic rings. The first-order chi connectivity index (χ1) is 10.5. The molecule has 0 saturated carbocycles. The summed E-state index contributed by atoms with van der Waals surface area (Å²) in [6.07, 6.45) is 5.25. The van der Waals surface area contributed by atoms with Gasteiger partial charge in [-0.3, -0.25) is 0 Å². The summed E-state index contributed by atoms with van der Waals surface area (Å²) in [6.45, 7) is 1.74. The van der Waals surface area contributed by atoms with E-state index in [9.17, 15) is 9.90 Å². The van der Waals surface area contributed by atoms with E-state index in [-0.39, 0.29) is 30.8 Å². The van der Waals surface area contributed by atoms with Crippen LogP contribution in [0.2, 0.25) is 0 Å². The molecule has 122 valence electrons. The van der Waals surface area contributed by atoms with Crippen molar-refractivity contribution in [3.63, 3.8) is 0 Å². The van der Waals surface area contributed by atoms with E-state index in [0.717, 1.165) is 12.8 Å². The Hall–Kier alpha value is -1.42. The highest BCUT2D eigenvalue weighted by Crippen LogP contribution is 2.42. The summed E-state index contributed by atoms with van der Waals surface area (Å²) >= 11 is 0. The molecule has 2 rings (SSSR count). The maximum atomic E-state index is 11.2. The lowest BCUT2D eigenvalue weighted by Crippen LogP contribution is -2.51. The summed E-state index contributed by atoms with van der Waals surface area (Å²) in [5, 5.41) is 18.7. The predicted octanol–water partition coefficient (Wildman–Crippen LogP) is 1.33. The Morgan fingerprint density at radius 2 is 2.36 bits per heavy atom. The summed E-state index contributed by atoms with van der Waals surface area (Å²) in [5.74, 6) is -0.507. The van der Waals surface area contributed by atoms with Gasteiger partial charge < -0.3 is 19.3 Å². The van der Waals surface area contributed by atoms with Crippen molar-refractivity contribution in [2.24, 2.45) is 5.92 Å². The molecule has 0 spiro atoms. The molecule has 6 nitrogen and oxygen atoms in total. The van der Waals surface area contributed by atoms with Gasteiger partial charge in [0.1, 0.15) is 5.60 Å². The van der Waals surface area contributed by atoms with E-state index in [1.165, 1.54) is 13.2 Å². The Balaban J connectivity index is 2.01. The van der Waals surface area contributed by atoms with Crippen LogP contribution in [0, 0.1) is 17.2 Å². The van der Waals surface area contributed by atoms with Crippen molar-refractivity contribution in [2.75, 3.05) is 13.7 Å². The van der Waals surface area contributed by atoms with Crippen LogP contribution in [0.1, 0.15) is 32.6 Å². The average molecular weight is 309 g/mol. The number of carbonyl (C=O) groups is 1. The minimum absolute atomic E-state index is 0.0370. The maximum absolute atomic E-state index is 11.2. The van der Waals surface area contributed by atoms with Gasteiger partial charge in [-0.25, -0.2) is 4.79 Å². The Morgan fingerprint density at radius 1 is 1.59 bits per heavy atom. The molecule has 2 heterocycles. The fourth-order valence-corrected chi connectivity index (χ4v) is 3.22. The highest BCUT2D eigenvalue weighted by atomic mass is 16.6. The molecule has 0 amide bonds. The van der Waals surface area contributed by atoms with Gasteiger partial charge in [-0.15, -0.1) is 0 Å². The molecule has 0 aliphatic carbocycles. The zero-order chi connectivity index (χ0) is 16.2. The van der Waals surface area contributed by atoms with Crippen molar-refractivity contribution in [1.29, 1.82) is 5.26 Å². The van der Waals surface area contributed by atoms with Gasteiger partial charge in [-0.1, -0.05) is 0 Å². The first-order valence-electron chi connectivity index (χ1n) is 7.63. The highest BCUT2D eigenvalue weighted by molar-refractivity contribution is 5.81. The van der Waals surface area contributed by atoms with Crippen molar-refractivity contribution in [3.8, 4) is 6.07 Å². The van der Waals surface area contributed by atoms with Gasteiger partial charge in [0.15, 0.2) is 0 Å². The minimum atomic E-state index is -0.733. The lowest BCUT2D eigenvalue weighted by Gasteiger charge is -2.41. The van der Waals surface area contributed by atoms with Gasteiger partial charge in [0.2, 0.25) is 0 Å². The van der Waals surface area contributed by atoms with Crippen LogP contribution in [0.15, 0.2) is 12.2 Å². The number of hydrogen-bond donors (Lipinski definition) is 1. The number of ether oxygens (including phenoxy) is 3. The molecule has 1 N–H and O–H groups in total. The van der Waals surface area contributed by atoms with Gasteiger partial charge in [0.05, 0.1) is 38.1 Å². The van der Waals surface area contributed by atoms with Crippen LogP contribution < -0.4 is 0 Å². The van der Waals surface area contributed by atoms with Crippen LogP contribution >= 0.6 is 0 Å². The molecule has 2 aliphatic heterocycles. The van der Waals surface area contributed by atoms with Gasteiger partial charge in [0.25, 0.3) is 0 Å². The van der Waals surface area contributed by atoms with Crippen LogP contribution in [0.3, 0.4) is 0 Å². The first-order valence-corrected chi connectivity index (χ1v) is 7.63. The van der Waals surface area contributed by atoms with Gasteiger partial charge >= 0.3 is 5.97 Å². The molecular formula is C16H23NO5.